The van der Waals surface area contributed by atoms with Crippen LogP contribution in [0.3, 0.4) is 0 Å². The van der Waals surface area contributed by atoms with Crippen LogP contribution in [0, 0.1) is 5.82 Å². The Kier molecular flexibility index (Phi) is 7.82. The maximum atomic E-state index is 13.8. The molecule has 0 saturated heterocycles. The maximum Gasteiger partial charge on any atom is 0.264 e. The Hall–Kier alpha value is -3.83. The lowest BCUT2D eigenvalue weighted by atomic mass is 10.2. The van der Waals surface area contributed by atoms with Crippen LogP contribution < -0.4 is 24.8 Å². The van der Waals surface area contributed by atoms with Crippen molar-refractivity contribution >= 4 is 44.8 Å². The van der Waals surface area contributed by atoms with Crippen LogP contribution in [0.25, 0.3) is 0 Å². The molecular weight excluding hydrogens is 501 g/mol. The summed E-state index contributed by atoms with van der Waals surface area (Å²) in [5, 5.41) is 2.23. The van der Waals surface area contributed by atoms with Crippen molar-refractivity contribution < 1.29 is 31.9 Å². The van der Waals surface area contributed by atoms with Crippen LogP contribution in [-0.4, -0.2) is 41.0 Å². The lowest BCUT2D eigenvalue weighted by Crippen LogP contribution is -2.38. The molecule has 3 N–H and O–H groups in total. The number of methoxy groups -OCH3 is 2. The summed E-state index contributed by atoms with van der Waals surface area (Å²) in [6, 6.07) is 12.9. The van der Waals surface area contributed by atoms with Gasteiger partial charge in [0.1, 0.15) is 12.4 Å². The van der Waals surface area contributed by atoms with Gasteiger partial charge in [0.05, 0.1) is 29.8 Å². The third kappa shape index (κ3) is 5.81. The van der Waals surface area contributed by atoms with E-state index in [2.05, 4.69) is 5.32 Å². The second-order valence-electron chi connectivity index (χ2n) is 7.12. The molecule has 0 atom stereocenters. The van der Waals surface area contributed by atoms with E-state index in [9.17, 15) is 22.4 Å². The predicted octanol–water partition coefficient (Wildman–Crippen LogP) is 3.43. The van der Waals surface area contributed by atoms with Gasteiger partial charge >= 0.3 is 0 Å². The Labute approximate surface area is 206 Å². The highest BCUT2D eigenvalue weighted by molar-refractivity contribution is 7.92. The monoisotopic (exact) mass is 521 g/mol. The lowest BCUT2D eigenvalue weighted by Gasteiger charge is -2.25. The molecule has 0 aliphatic heterocycles. The summed E-state index contributed by atoms with van der Waals surface area (Å²) in [6.07, 6.45) is 0. The number of hydrogen-bond donors (Lipinski definition) is 2. The average molecular weight is 522 g/mol. The van der Waals surface area contributed by atoms with Crippen molar-refractivity contribution in [1.82, 2.24) is 0 Å². The van der Waals surface area contributed by atoms with Crippen LogP contribution in [0.5, 0.6) is 11.5 Å². The van der Waals surface area contributed by atoms with E-state index in [-0.39, 0.29) is 26.9 Å². The van der Waals surface area contributed by atoms with E-state index in [1.807, 2.05) is 0 Å². The highest BCUT2D eigenvalue weighted by Gasteiger charge is 2.29. The van der Waals surface area contributed by atoms with Gasteiger partial charge in [-0.25, -0.2) is 12.8 Å². The van der Waals surface area contributed by atoms with E-state index >= 15 is 0 Å². The second kappa shape index (κ2) is 10.6. The standard InChI is InChI=1S/C23H21ClFN3O6S/c1-33-20-10-8-17(12-21(20)34-2)35(31,32)28(16-7-9-19(25)18(24)11-16)13-22(29)27-15-5-3-14(4-6-15)23(26)30/h3-12H,13H2,1-2H3,(H2,26,30)(H,27,29). The van der Waals surface area contributed by atoms with Crippen molar-refractivity contribution in [3.8, 4) is 11.5 Å². The summed E-state index contributed by atoms with van der Waals surface area (Å²) in [5.74, 6) is -1.63. The van der Waals surface area contributed by atoms with Gasteiger partial charge in [0.25, 0.3) is 10.0 Å². The zero-order valence-electron chi connectivity index (χ0n) is 18.6. The number of nitrogens with two attached hydrogens (primary N) is 1. The Morgan fingerprint density at radius 3 is 2.23 bits per heavy atom. The first-order chi connectivity index (χ1) is 16.6. The molecule has 3 aromatic carbocycles. The normalized spacial score (nSPS) is 11.0. The molecule has 0 aromatic heterocycles. The van der Waals surface area contributed by atoms with Gasteiger partial charge in [-0.15, -0.1) is 0 Å². The van der Waals surface area contributed by atoms with Gasteiger partial charge in [-0.2, -0.15) is 0 Å². The Balaban J connectivity index is 1.98. The number of anilines is 2. The third-order valence-corrected chi connectivity index (χ3v) is 6.93. The fourth-order valence-electron chi connectivity index (χ4n) is 3.11. The first-order valence-corrected chi connectivity index (χ1v) is 11.8. The summed E-state index contributed by atoms with van der Waals surface area (Å²) in [5.41, 5.74) is 5.71. The van der Waals surface area contributed by atoms with Crippen molar-refractivity contribution in [2.75, 3.05) is 30.4 Å². The van der Waals surface area contributed by atoms with Crippen LogP contribution in [-0.2, 0) is 14.8 Å². The molecule has 3 rings (SSSR count). The molecule has 9 nitrogen and oxygen atoms in total. The fourth-order valence-corrected chi connectivity index (χ4v) is 4.71. The molecule has 35 heavy (non-hydrogen) atoms. The highest BCUT2D eigenvalue weighted by atomic mass is 35.5. The van der Waals surface area contributed by atoms with Gasteiger partial charge in [0.2, 0.25) is 11.8 Å². The van der Waals surface area contributed by atoms with E-state index in [4.69, 9.17) is 26.8 Å². The molecule has 3 aromatic rings. The summed E-state index contributed by atoms with van der Waals surface area (Å²) >= 11 is 5.88. The molecule has 12 heteroatoms. The number of carbonyl (C=O) groups excluding carboxylic acids is 2. The number of ether oxygens (including phenoxy) is 2. The molecule has 0 spiro atoms. The Bertz CT molecular complexity index is 1370. The quantitative estimate of drug-likeness (QED) is 0.444. The Morgan fingerprint density at radius 1 is 1.00 bits per heavy atom. The zero-order valence-corrected chi connectivity index (χ0v) is 20.2. The van der Waals surface area contributed by atoms with Crippen molar-refractivity contribution in [2.45, 2.75) is 4.90 Å². The molecule has 184 valence electrons. The first kappa shape index (κ1) is 25.8. The van der Waals surface area contributed by atoms with E-state index in [1.165, 1.54) is 62.8 Å². The number of sulfonamides is 1. The van der Waals surface area contributed by atoms with Crippen LogP contribution in [0.2, 0.25) is 5.02 Å². The van der Waals surface area contributed by atoms with Gasteiger partial charge < -0.3 is 20.5 Å². The topological polar surface area (TPSA) is 128 Å². The minimum absolute atomic E-state index is 0.0367. The molecule has 0 bridgehead atoms. The molecule has 0 fully saturated rings. The minimum atomic E-state index is -4.35. The lowest BCUT2D eigenvalue weighted by molar-refractivity contribution is -0.114. The number of halogens is 2. The van der Waals surface area contributed by atoms with Gasteiger partial charge in [-0.1, -0.05) is 11.6 Å². The SMILES string of the molecule is COc1ccc(S(=O)(=O)N(CC(=O)Nc2ccc(C(N)=O)cc2)c2ccc(F)c(Cl)c2)cc1OC. The number of rotatable bonds is 9. The van der Waals surface area contributed by atoms with Crippen LogP contribution in [0.15, 0.2) is 65.6 Å². The number of carbonyl (C=O) groups is 2. The van der Waals surface area contributed by atoms with Crippen LogP contribution in [0.1, 0.15) is 10.4 Å². The van der Waals surface area contributed by atoms with Gasteiger partial charge in [-0.3, -0.25) is 13.9 Å². The summed E-state index contributed by atoms with van der Waals surface area (Å²) in [7, 11) is -1.60. The van der Waals surface area contributed by atoms with E-state index < -0.39 is 34.2 Å². The van der Waals surface area contributed by atoms with Crippen molar-refractivity contribution in [3.63, 3.8) is 0 Å². The number of hydrogen-bond acceptors (Lipinski definition) is 6. The largest absolute Gasteiger partial charge is 0.493 e. The molecular formula is C23H21ClFN3O6S. The molecule has 0 heterocycles. The smallest absolute Gasteiger partial charge is 0.264 e. The molecule has 0 saturated carbocycles. The van der Waals surface area contributed by atoms with Crippen molar-refractivity contribution in [3.05, 3.63) is 77.1 Å². The maximum absolute atomic E-state index is 13.8. The third-order valence-electron chi connectivity index (χ3n) is 4.87. The fraction of sp³-hybridized carbons (Fsp3) is 0.130. The van der Waals surface area contributed by atoms with Crippen LogP contribution in [0.4, 0.5) is 15.8 Å². The van der Waals surface area contributed by atoms with Crippen molar-refractivity contribution in [1.29, 1.82) is 0 Å². The van der Waals surface area contributed by atoms with Crippen molar-refractivity contribution in [2.24, 2.45) is 5.73 Å². The van der Waals surface area contributed by atoms with E-state index in [0.717, 1.165) is 16.4 Å². The predicted molar refractivity (Wildman–Crippen MR) is 129 cm³/mol. The summed E-state index contributed by atoms with van der Waals surface area (Å²) in [4.78, 5) is 23.8. The number of nitrogens with zero attached hydrogens (tertiary/aromatic N) is 1. The Morgan fingerprint density at radius 2 is 1.66 bits per heavy atom. The molecule has 0 unspecified atom stereocenters. The summed E-state index contributed by atoms with van der Waals surface area (Å²) in [6.45, 7) is -0.670. The highest BCUT2D eigenvalue weighted by Crippen LogP contribution is 2.33. The van der Waals surface area contributed by atoms with E-state index in [0.29, 0.717) is 11.4 Å². The van der Waals surface area contributed by atoms with Gasteiger partial charge in [-0.05, 0) is 54.6 Å². The molecule has 0 aliphatic carbocycles. The van der Waals surface area contributed by atoms with E-state index in [1.54, 1.807) is 0 Å². The molecule has 0 radical (unpaired) electrons. The number of benzene rings is 3. The average Bonchev–Trinajstić information content (AvgIpc) is 2.84. The zero-order chi connectivity index (χ0) is 25.8. The number of primary amides is 1. The molecule has 2 amide bonds. The summed E-state index contributed by atoms with van der Waals surface area (Å²) < 4.78 is 52.0. The van der Waals surface area contributed by atoms with Gasteiger partial charge in [0.15, 0.2) is 11.5 Å². The molecule has 0 aliphatic rings. The van der Waals surface area contributed by atoms with Gasteiger partial charge in [0, 0.05) is 17.3 Å². The second-order valence-corrected chi connectivity index (χ2v) is 9.39. The number of nitrogens with one attached hydrogen (secondary N) is 1. The number of amides is 2. The first-order valence-electron chi connectivity index (χ1n) is 9.96. The minimum Gasteiger partial charge on any atom is -0.493 e. The van der Waals surface area contributed by atoms with Crippen LogP contribution >= 0.6 is 11.6 Å².